The van der Waals surface area contributed by atoms with Gasteiger partial charge in [0.1, 0.15) is 17.2 Å². The van der Waals surface area contributed by atoms with Gasteiger partial charge in [0.05, 0.1) is 12.4 Å². The van der Waals surface area contributed by atoms with Crippen molar-refractivity contribution in [1.29, 1.82) is 0 Å². The van der Waals surface area contributed by atoms with Crippen LogP contribution in [0.5, 0.6) is 17.2 Å². The zero-order valence-electron chi connectivity index (χ0n) is 22.3. The lowest BCUT2D eigenvalue weighted by Gasteiger charge is -2.43. The average molecular weight is 594 g/mol. The van der Waals surface area contributed by atoms with Crippen molar-refractivity contribution in [2.45, 2.75) is 81.7 Å². The topological polar surface area (TPSA) is 95.9 Å². The molecule has 0 spiro atoms. The van der Waals surface area contributed by atoms with Gasteiger partial charge in [-0.25, -0.2) is 13.1 Å². The standard InChI is InChI=1S/C28H36F5NO5S/c1-26(20-9-11-21(35)12-10-20)19-39-25-18-22(36)13-14-23(25)24(26)8-5-3-2-4-6-16-34-40(37,38)17-7-15-27(29,30)28(31,32)33/h9-14,18,24,34-36H,2-8,15-17,19H2,1H3. The van der Waals surface area contributed by atoms with Crippen LogP contribution in [0.3, 0.4) is 0 Å². The first-order chi connectivity index (χ1) is 18.6. The molecule has 0 aliphatic carbocycles. The number of phenols is 2. The van der Waals surface area contributed by atoms with Crippen molar-refractivity contribution in [3.05, 3.63) is 53.6 Å². The smallest absolute Gasteiger partial charge is 0.453 e. The van der Waals surface area contributed by atoms with E-state index in [2.05, 4.69) is 11.6 Å². The van der Waals surface area contributed by atoms with E-state index in [1.54, 1.807) is 24.3 Å². The summed E-state index contributed by atoms with van der Waals surface area (Å²) in [5.41, 5.74) is 1.67. The first kappa shape index (κ1) is 31.9. The number of hydrogen-bond acceptors (Lipinski definition) is 5. The van der Waals surface area contributed by atoms with Gasteiger partial charge in [0, 0.05) is 30.4 Å². The van der Waals surface area contributed by atoms with E-state index in [-0.39, 0.29) is 29.4 Å². The van der Waals surface area contributed by atoms with Gasteiger partial charge in [-0.15, -0.1) is 0 Å². The molecule has 2 atom stereocenters. The molecular weight excluding hydrogens is 557 g/mol. The largest absolute Gasteiger partial charge is 0.508 e. The zero-order chi connectivity index (χ0) is 29.6. The number of nitrogens with one attached hydrogen (secondary N) is 1. The molecular formula is C28H36F5NO5S. The molecule has 1 aliphatic rings. The van der Waals surface area contributed by atoms with E-state index in [1.165, 1.54) is 0 Å². The van der Waals surface area contributed by atoms with Crippen molar-refractivity contribution in [3.8, 4) is 17.2 Å². The molecule has 1 aliphatic heterocycles. The van der Waals surface area contributed by atoms with Gasteiger partial charge in [0.15, 0.2) is 0 Å². The van der Waals surface area contributed by atoms with Crippen molar-refractivity contribution in [3.63, 3.8) is 0 Å². The number of phenolic OH excluding ortho intramolecular Hbond substituents is 2. The number of rotatable bonds is 14. The van der Waals surface area contributed by atoms with Gasteiger partial charge in [0.25, 0.3) is 0 Å². The van der Waals surface area contributed by atoms with Crippen molar-refractivity contribution in [2.75, 3.05) is 18.9 Å². The fourth-order valence-electron chi connectivity index (χ4n) is 5.14. The highest BCUT2D eigenvalue weighted by molar-refractivity contribution is 7.89. The second-order valence-corrected chi connectivity index (χ2v) is 12.5. The highest BCUT2D eigenvalue weighted by Crippen LogP contribution is 2.49. The third-order valence-corrected chi connectivity index (χ3v) is 8.98. The van der Waals surface area contributed by atoms with Crippen LogP contribution in [0.4, 0.5) is 22.0 Å². The Labute approximate surface area is 231 Å². The summed E-state index contributed by atoms with van der Waals surface area (Å²) in [6.45, 7) is 2.62. The summed E-state index contributed by atoms with van der Waals surface area (Å²) in [5, 5.41) is 19.6. The SMILES string of the molecule is CC1(c2ccc(O)cc2)COc2cc(O)ccc2C1CCCCCCCNS(=O)(=O)CCCC(F)(F)C(F)(F)F. The molecule has 3 rings (SSSR count). The molecule has 1 heterocycles. The van der Waals surface area contributed by atoms with Crippen LogP contribution in [-0.4, -0.2) is 49.6 Å². The molecule has 224 valence electrons. The molecule has 0 saturated carbocycles. The van der Waals surface area contributed by atoms with E-state index in [1.807, 2.05) is 18.2 Å². The highest BCUT2D eigenvalue weighted by atomic mass is 32.2. The van der Waals surface area contributed by atoms with E-state index in [0.717, 1.165) is 43.2 Å². The fraction of sp³-hybridized carbons (Fsp3) is 0.571. The Bertz CT molecular complexity index is 1220. The lowest BCUT2D eigenvalue weighted by atomic mass is 9.66. The first-order valence-corrected chi connectivity index (χ1v) is 15.0. The lowest BCUT2D eigenvalue weighted by molar-refractivity contribution is -0.284. The van der Waals surface area contributed by atoms with Gasteiger partial charge in [0.2, 0.25) is 10.0 Å². The number of alkyl halides is 5. The third kappa shape index (κ3) is 8.22. The summed E-state index contributed by atoms with van der Waals surface area (Å²) in [6, 6.07) is 12.2. The van der Waals surface area contributed by atoms with Crippen LogP contribution in [0.1, 0.15) is 75.3 Å². The Morgan fingerprint density at radius 2 is 1.55 bits per heavy atom. The number of fused-ring (bicyclic) bond motifs is 1. The highest BCUT2D eigenvalue weighted by Gasteiger charge is 2.56. The molecule has 3 N–H and O–H groups in total. The number of ether oxygens (including phenoxy) is 1. The normalized spacial score (nSPS) is 19.7. The Hall–Kier alpha value is -2.60. The van der Waals surface area contributed by atoms with Crippen LogP contribution < -0.4 is 9.46 Å². The van der Waals surface area contributed by atoms with Gasteiger partial charge < -0.3 is 14.9 Å². The summed E-state index contributed by atoms with van der Waals surface area (Å²) in [6.07, 6.45) is -3.36. The number of halogens is 5. The summed E-state index contributed by atoms with van der Waals surface area (Å²) >= 11 is 0. The van der Waals surface area contributed by atoms with E-state index < -0.39 is 40.7 Å². The Morgan fingerprint density at radius 3 is 2.23 bits per heavy atom. The van der Waals surface area contributed by atoms with Crippen LogP contribution >= 0.6 is 0 Å². The van der Waals surface area contributed by atoms with Gasteiger partial charge >= 0.3 is 12.1 Å². The Morgan fingerprint density at radius 1 is 0.925 bits per heavy atom. The van der Waals surface area contributed by atoms with Crippen molar-refractivity contribution in [1.82, 2.24) is 4.72 Å². The maximum Gasteiger partial charge on any atom is 0.453 e. The molecule has 12 heteroatoms. The average Bonchev–Trinajstić information content (AvgIpc) is 2.86. The molecule has 0 amide bonds. The Kier molecular flexibility index (Phi) is 10.3. The maximum atomic E-state index is 12.9. The van der Waals surface area contributed by atoms with Crippen molar-refractivity contribution < 1.29 is 45.3 Å². The van der Waals surface area contributed by atoms with E-state index in [0.29, 0.717) is 18.8 Å². The molecule has 2 aromatic rings. The second-order valence-electron chi connectivity index (χ2n) is 10.6. The molecule has 0 saturated heterocycles. The Balaban J connectivity index is 1.45. The van der Waals surface area contributed by atoms with Gasteiger partial charge in [-0.1, -0.05) is 50.8 Å². The van der Waals surface area contributed by atoms with Crippen LogP contribution in [0.25, 0.3) is 0 Å². The van der Waals surface area contributed by atoms with Gasteiger partial charge in [-0.3, -0.25) is 0 Å². The zero-order valence-corrected chi connectivity index (χ0v) is 23.1. The monoisotopic (exact) mass is 593 g/mol. The van der Waals surface area contributed by atoms with Crippen LogP contribution in [-0.2, 0) is 15.4 Å². The number of benzene rings is 2. The molecule has 0 bridgehead atoms. The van der Waals surface area contributed by atoms with Crippen LogP contribution in [0.15, 0.2) is 42.5 Å². The third-order valence-electron chi connectivity index (χ3n) is 7.51. The summed E-state index contributed by atoms with van der Waals surface area (Å²) in [7, 11) is -3.93. The predicted octanol–water partition coefficient (Wildman–Crippen LogP) is 6.77. The predicted molar refractivity (Wildman–Crippen MR) is 142 cm³/mol. The lowest BCUT2D eigenvalue weighted by Crippen LogP contribution is -2.40. The molecule has 2 unspecified atom stereocenters. The molecule has 0 aromatic heterocycles. The number of aromatic hydroxyl groups is 2. The quantitative estimate of drug-likeness (QED) is 0.166. The molecule has 0 radical (unpaired) electrons. The van der Waals surface area contributed by atoms with Gasteiger partial charge in [-0.2, -0.15) is 22.0 Å². The molecule has 6 nitrogen and oxygen atoms in total. The fourth-order valence-corrected chi connectivity index (χ4v) is 6.26. The molecule has 2 aromatic carbocycles. The van der Waals surface area contributed by atoms with E-state index >= 15 is 0 Å². The van der Waals surface area contributed by atoms with E-state index in [9.17, 15) is 40.6 Å². The summed E-state index contributed by atoms with van der Waals surface area (Å²) in [5.74, 6) is -4.65. The van der Waals surface area contributed by atoms with Gasteiger partial charge in [-0.05, 0) is 48.6 Å². The maximum absolute atomic E-state index is 12.9. The van der Waals surface area contributed by atoms with E-state index in [4.69, 9.17) is 4.74 Å². The number of hydrogen-bond donors (Lipinski definition) is 3. The first-order valence-electron chi connectivity index (χ1n) is 13.3. The van der Waals surface area contributed by atoms with Crippen molar-refractivity contribution >= 4 is 10.0 Å². The van der Waals surface area contributed by atoms with Crippen LogP contribution in [0.2, 0.25) is 0 Å². The number of sulfonamides is 1. The van der Waals surface area contributed by atoms with Crippen molar-refractivity contribution in [2.24, 2.45) is 0 Å². The minimum absolute atomic E-state index is 0.0910. The minimum atomic E-state index is -5.69. The van der Waals surface area contributed by atoms with Crippen LogP contribution in [0, 0.1) is 0 Å². The minimum Gasteiger partial charge on any atom is -0.508 e. The molecule has 0 fully saturated rings. The second kappa shape index (κ2) is 12.9. The molecule has 40 heavy (non-hydrogen) atoms. The summed E-state index contributed by atoms with van der Waals surface area (Å²) < 4.78 is 94.6. The summed E-state index contributed by atoms with van der Waals surface area (Å²) in [4.78, 5) is 0. The number of unbranched alkanes of at least 4 members (excludes halogenated alkanes) is 4.